The first-order chi connectivity index (χ1) is 15.0. The summed E-state index contributed by atoms with van der Waals surface area (Å²) in [6, 6.07) is 7.34. The maximum Gasteiger partial charge on any atom is 0.300 e. The number of hydrogen-bond acceptors (Lipinski definition) is 5. The molecule has 0 aliphatic heterocycles. The maximum absolute atomic E-state index is 14.6. The molecule has 1 aliphatic rings. The highest BCUT2D eigenvalue weighted by Crippen LogP contribution is 2.52. The molecule has 32 heavy (non-hydrogen) atoms. The van der Waals surface area contributed by atoms with Crippen molar-refractivity contribution < 1.29 is 13.9 Å². The van der Waals surface area contributed by atoms with E-state index in [9.17, 15) is 13.9 Å². The number of aliphatic hydroxyl groups is 1. The van der Waals surface area contributed by atoms with Gasteiger partial charge in [0.25, 0.3) is 5.54 Å². The van der Waals surface area contributed by atoms with Gasteiger partial charge in [-0.15, -0.1) is 0 Å². The Morgan fingerprint density at radius 1 is 1.25 bits per heavy atom. The van der Waals surface area contributed by atoms with Crippen LogP contribution in [0.25, 0.3) is 15.9 Å². The minimum absolute atomic E-state index is 0.255. The van der Waals surface area contributed by atoms with Gasteiger partial charge in [-0.1, -0.05) is 29.8 Å². The van der Waals surface area contributed by atoms with Crippen molar-refractivity contribution in [3.05, 3.63) is 69.9 Å². The molecule has 0 unspecified atom stereocenters. The summed E-state index contributed by atoms with van der Waals surface area (Å²) in [7, 11) is 0. The molecule has 0 saturated heterocycles. The van der Waals surface area contributed by atoms with E-state index >= 15 is 0 Å². The standard InChI is InChI=1S/C23H22ClF2N5O/c1-13(14-6-5-7-15(10-14)23(25,26)21(2,3)32)30-19-16-11-17(22(27-4)8-9-22)18(24)31-20(16)29-12-28-19/h5-7,10-13,32H,8-9H2,1-3H3,(H,28,29,30,31)/t13-/m1/s1. The number of nitrogens with zero attached hydrogens (tertiary/aromatic N) is 4. The summed E-state index contributed by atoms with van der Waals surface area (Å²) >= 11 is 6.33. The summed E-state index contributed by atoms with van der Waals surface area (Å²) in [5.74, 6) is -2.95. The zero-order valence-electron chi connectivity index (χ0n) is 17.8. The first kappa shape index (κ1) is 22.3. The van der Waals surface area contributed by atoms with Gasteiger partial charge < -0.3 is 15.3 Å². The van der Waals surface area contributed by atoms with Crippen LogP contribution in [-0.2, 0) is 11.5 Å². The number of rotatable bonds is 6. The number of benzene rings is 1. The number of anilines is 1. The lowest BCUT2D eigenvalue weighted by Crippen LogP contribution is -2.40. The number of halogens is 3. The van der Waals surface area contributed by atoms with Crippen molar-refractivity contribution in [2.45, 2.75) is 56.7 Å². The molecule has 1 aliphatic carbocycles. The fourth-order valence-corrected chi connectivity index (χ4v) is 3.92. The lowest BCUT2D eigenvalue weighted by atomic mass is 9.91. The zero-order chi connectivity index (χ0) is 23.3. The average Bonchev–Trinajstić information content (AvgIpc) is 3.54. The van der Waals surface area contributed by atoms with Crippen LogP contribution < -0.4 is 5.32 Å². The van der Waals surface area contributed by atoms with Gasteiger partial charge in [0.2, 0.25) is 0 Å². The molecule has 0 radical (unpaired) electrons. The van der Waals surface area contributed by atoms with Gasteiger partial charge in [0.1, 0.15) is 22.9 Å². The van der Waals surface area contributed by atoms with E-state index in [-0.39, 0.29) is 16.8 Å². The van der Waals surface area contributed by atoms with Gasteiger partial charge in [0.05, 0.1) is 10.9 Å². The molecule has 0 spiro atoms. The number of alkyl halides is 2. The summed E-state index contributed by atoms with van der Waals surface area (Å²) in [6.45, 7) is 11.5. The van der Waals surface area contributed by atoms with Gasteiger partial charge in [-0.2, -0.15) is 8.78 Å². The molecule has 3 aromatic rings. The Morgan fingerprint density at radius 2 is 1.97 bits per heavy atom. The highest BCUT2D eigenvalue weighted by atomic mass is 35.5. The summed E-state index contributed by atoms with van der Waals surface area (Å²) in [4.78, 5) is 16.6. The average molecular weight is 458 g/mol. The van der Waals surface area contributed by atoms with Crippen molar-refractivity contribution in [2.24, 2.45) is 0 Å². The third kappa shape index (κ3) is 3.76. The maximum atomic E-state index is 14.6. The van der Waals surface area contributed by atoms with Crippen LogP contribution in [0.4, 0.5) is 14.6 Å². The second-order valence-corrected chi connectivity index (χ2v) is 9.05. The van der Waals surface area contributed by atoms with Crippen LogP contribution in [0.2, 0.25) is 5.15 Å². The summed E-state index contributed by atoms with van der Waals surface area (Å²) in [5.41, 5.74) is -1.49. The fraction of sp³-hybridized carbons (Fsp3) is 0.391. The van der Waals surface area contributed by atoms with Crippen LogP contribution >= 0.6 is 11.6 Å². The summed E-state index contributed by atoms with van der Waals surface area (Å²) in [6.07, 6.45) is 2.79. The van der Waals surface area contributed by atoms with Gasteiger partial charge in [0.15, 0.2) is 5.65 Å². The van der Waals surface area contributed by atoms with Crippen LogP contribution in [0.5, 0.6) is 0 Å². The zero-order valence-corrected chi connectivity index (χ0v) is 18.6. The first-order valence-electron chi connectivity index (χ1n) is 10.2. The number of nitrogens with one attached hydrogen (secondary N) is 1. The molecule has 0 amide bonds. The molecule has 0 bridgehead atoms. The second-order valence-electron chi connectivity index (χ2n) is 8.69. The lowest BCUT2D eigenvalue weighted by molar-refractivity contribution is -0.168. The fourth-order valence-electron chi connectivity index (χ4n) is 3.61. The Kier molecular flexibility index (Phi) is 5.30. The Morgan fingerprint density at radius 3 is 2.59 bits per heavy atom. The summed E-state index contributed by atoms with van der Waals surface area (Å²) < 4.78 is 29.3. The predicted molar refractivity (Wildman–Crippen MR) is 119 cm³/mol. The van der Waals surface area contributed by atoms with E-state index in [0.717, 1.165) is 26.7 Å². The third-order valence-corrected chi connectivity index (χ3v) is 6.18. The van der Waals surface area contributed by atoms with Crippen LogP contribution in [0.15, 0.2) is 36.7 Å². The molecule has 9 heteroatoms. The molecule has 2 N–H and O–H groups in total. The van der Waals surface area contributed by atoms with E-state index in [4.69, 9.17) is 18.2 Å². The molecule has 1 aromatic carbocycles. The van der Waals surface area contributed by atoms with Crippen LogP contribution in [0, 0.1) is 6.57 Å². The lowest BCUT2D eigenvalue weighted by Gasteiger charge is -2.30. The SMILES string of the molecule is [C-]#[N+]C1(c2cc3c(N[C@H](C)c4cccc(C(F)(F)C(C)(C)O)c4)ncnc3nc2Cl)CC1. The quantitative estimate of drug-likeness (QED) is 0.371. The van der Waals surface area contributed by atoms with Gasteiger partial charge in [0, 0.05) is 24.4 Å². The summed E-state index contributed by atoms with van der Waals surface area (Å²) in [5, 5.41) is 14.0. The normalized spacial score (nSPS) is 16.4. The van der Waals surface area contributed by atoms with Crippen molar-refractivity contribution in [2.75, 3.05) is 5.32 Å². The van der Waals surface area contributed by atoms with E-state index in [0.29, 0.717) is 28.0 Å². The van der Waals surface area contributed by atoms with E-state index in [1.807, 2.05) is 6.92 Å². The van der Waals surface area contributed by atoms with Crippen molar-refractivity contribution in [3.8, 4) is 0 Å². The first-order valence-corrected chi connectivity index (χ1v) is 10.5. The molecule has 2 aromatic heterocycles. The predicted octanol–water partition coefficient (Wildman–Crippen LogP) is 5.62. The molecular weight excluding hydrogens is 436 g/mol. The van der Waals surface area contributed by atoms with Crippen LogP contribution in [0.3, 0.4) is 0 Å². The minimum atomic E-state index is -3.42. The Hall–Kier alpha value is -2.89. The van der Waals surface area contributed by atoms with Crippen LogP contribution in [-0.4, -0.2) is 25.7 Å². The van der Waals surface area contributed by atoms with Gasteiger partial charge in [-0.25, -0.2) is 21.5 Å². The molecule has 166 valence electrons. The Labute approximate surface area is 189 Å². The third-order valence-electron chi connectivity index (χ3n) is 5.89. The highest BCUT2D eigenvalue weighted by Gasteiger charge is 2.54. The minimum Gasteiger partial charge on any atom is -0.384 e. The van der Waals surface area contributed by atoms with Gasteiger partial charge in [-0.3, -0.25) is 0 Å². The van der Waals surface area contributed by atoms with E-state index < -0.39 is 17.1 Å². The molecule has 2 heterocycles. The number of fused-ring (bicyclic) bond motifs is 1. The van der Waals surface area contributed by atoms with Crippen molar-refractivity contribution >= 4 is 28.5 Å². The van der Waals surface area contributed by atoms with Gasteiger partial charge >= 0.3 is 5.92 Å². The Balaban J connectivity index is 1.69. The number of pyridine rings is 1. The number of aromatic nitrogens is 3. The number of hydrogen-bond donors (Lipinski definition) is 2. The molecule has 1 saturated carbocycles. The second kappa shape index (κ2) is 7.61. The van der Waals surface area contributed by atoms with Gasteiger partial charge in [-0.05, 0) is 38.5 Å². The van der Waals surface area contributed by atoms with Crippen LogP contribution in [0.1, 0.15) is 56.3 Å². The highest BCUT2D eigenvalue weighted by molar-refractivity contribution is 6.30. The molecule has 1 atom stereocenters. The van der Waals surface area contributed by atoms with Crippen molar-refractivity contribution in [1.29, 1.82) is 0 Å². The van der Waals surface area contributed by atoms with E-state index in [1.165, 1.54) is 24.5 Å². The molecular formula is C23H22ClF2N5O. The van der Waals surface area contributed by atoms with Crippen molar-refractivity contribution in [1.82, 2.24) is 15.0 Å². The van der Waals surface area contributed by atoms with Crippen molar-refractivity contribution in [3.63, 3.8) is 0 Å². The monoisotopic (exact) mass is 457 g/mol. The van der Waals surface area contributed by atoms with E-state index in [1.54, 1.807) is 12.1 Å². The Bertz CT molecular complexity index is 1230. The largest absolute Gasteiger partial charge is 0.384 e. The molecule has 4 rings (SSSR count). The molecule has 6 nitrogen and oxygen atoms in total. The topological polar surface area (TPSA) is 75.3 Å². The molecule has 1 fully saturated rings. The smallest absolute Gasteiger partial charge is 0.300 e. The van der Waals surface area contributed by atoms with E-state index in [2.05, 4.69) is 25.1 Å².